The number of phenols is 1. The molecule has 1 aliphatic heterocycles. The number of aliphatic hydroxyl groups excluding tert-OH is 3. The Morgan fingerprint density at radius 2 is 1.78 bits per heavy atom. The van der Waals surface area contributed by atoms with E-state index in [-0.39, 0.29) is 47.7 Å². The van der Waals surface area contributed by atoms with Gasteiger partial charge in [0, 0.05) is 12.1 Å². The van der Waals surface area contributed by atoms with Gasteiger partial charge in [-0.3, -0.25) is 19.4 Å². The summed E-state index contributed by atoms with van der Waals surface area (Å²) in [6.07, 6.45) is -5.13. The van der Waals surface area contributed by atoms with Crippen molar-refractivity contribution in [2.24, 2.45) is 29.4 Å². The second kappa shape index (κ2) is 11.7. The standard InChI is InChI=1S/C34H38F3N3O6/c1-39(2)28-22-14-18-13-21-20(17-5-3-4-16(12-17)15-40-10-8-19(9-11-40)34(35,36)37)6-7-23(41)25(21)29(42)24(18)30(43)26(22)31(44)27(32(28)45)33(38)46/h3-7,12,18-19,22,26,28,31,41-42,44-45H,8-11,13-15H2,1-2H3,(H2,38,46). The normalized spacial score (nSPS) is 27.5. The fourth-order valence-corrected chi connectivity index (χ4v) is 8.24. The van der Waals surface area contributed by atoms with Crippen LogP contribution in [0.5, 0.6) is 5.75 Å². The summed E-state index contributed by atoms with van der Waals surface area (Å²) in [5.74, 6) is -6.07. The zero-order valence-electron chi connectivity index (χ0n) is 25.6. The third kappa shape index (κ3) is 5.35. The molecule has 0 spiro atoms. The van der Waals surface area contributed by atoms with E-state index in [1.165, 1.54) is 6.07 Å². The molecule has 6 N–H and O–H groups in total. The van der Waals surface area contributed by atoms with Crippen LogP contribution in [0.4, 0.5) is 13.2 Å². The first-order chi connectivity index (χ1) is 21.7. The third-order valence-electron chi connectivity index (χ3n) is 10.3. The minimum atomic E-state index is -4.18. The number of ketones is 1. The quantitative estimate of drug-likeness (QED) is 0.328. The van der Waals surface area contributed by atoms with Crippen LogP contribution in [-0.2, 0) is 22.6 Å². The van der Waals surface area contributed by atoms with Gasteiger partial charge in [0.1, 0.15) is 17.3 Å². The van der Waals surface area contributed by atoms with E-state index in [2.05, 4.69) is 0 Å². The van der Waals surface area contributed by atoms with Crippen molar-refractivity contribution in [1.29, 1.82) is 0 Å². The number of primary amides is 1. The molecule has 2 aromatic rings. The van der Waals surface area contributed by atoms with Crippen LogP contribution in [0, 0.1) is 23.7 Å². The molecule has 2 aromatic carbocycles. The molecule has 246 valence electrons. The number of allylic oxidation sites excluding steroid dienone is 1. The molecule has 5 unspecified atom stereocenters. The van der Waals surface area contributed by atoms with Crippen molar-refractivity contribution >= 4 is 17.4 Å². The van der Waals surface area contributed by atoms with E-state index in [0.29, 0.717) is 31.6 Å². The summed E-state index contributed by atoms with van der Waals surface area (Å²) in [7, 11) is 3.39. The number of hydrogen-bond donors (Lipinski definition) is 5. The maximum atomic E-state index is 14.0. The number of piperidine rings is 1. The Morgan fingerprint density at radius 1 is 1.09 bits per heavy atom. The molecule has 4 aliphatic rings. The summed E-state index contributed by atoms with van der Waals surface area (Å²) in [6, 6.07) is 10.0. The third-order valence-corrected chi connectivity index (χ3v) is 10.3. The van der Waals surface area contributed by atoms with E-state index in [4.69, 9.17) is 5.73 Å². The Labute approximate surface area is 264 Å². The van der Waals surface area contributed by atoms with Crippen LogP contribution < -0.4 is 5.73 Å². The molecular weight excluding hydrogens is 603 g/mol. The average molecular weight is 642 g/mol. The lowest BCUT2D eigenvalue weighted by atomic mass is 9.59. The number of rotatable bonds is 5. The predicted molar refractivity (Wildman–Crippen MR) is 163 cm³/mol. The number of hydrogen-bond acceptors (Lipinski definition) is 8. The largest absolute Gasteiger partial charge is 0.510 e. The van der Waals surface area contributed by atoms with Crippen molar-refractivity contribution < 1.29 is 43.2 Å². The molecule has 0 bridgehead atoms. The topological polar surface area (TPSA) is 148 Å². The van der Waals surface area contributed by atoms with Crippen molar-refractivity contribution in [1.82, 2.24) is 9.80 Å². The van der Waals surface area contributed by atoms with E-state index < -0.39 is 59.3 Å². The number of halogens is 3. The van der Waals surface area contributed by atoms with Crippen LogP contribution in [0.2, 0.25) is 0 Å². The van der Waals surface area contributed by atoms with Gasteiger partial charge in [0.15, 0.2) is 5.78 Å². The number of nitrogens with zero attached hydrogens (tertiary/aromatic N) is 2. The summed E-state index contributed by atoms with van der Waals surface area (Å²) in [6.45, 7) is 1.17. The van der Waals surface area contributed by atoms with Crippen molar-refractivity contribution in [2.75, 3.05) is 27.2 Å². The van der Waals surface area contributed by atoms with E-state index in [1.54, 1.807) is 25.1 Å². The zero-order chi connectivity index (χ0) is 33.2. The highest BCUT2D eigenvalue weighted by Gasteiger charge is 2.55. The number of benzene rings is 2. The lowest BCUT2D eigenvalue weighted by Crippen LogP contribution is -2.57. The van der Waals surface area contributed by atoms with E-state index in [1.807, 2.05) is 29.2 Å². The molecule has 46 heavy (non-hydrogen) atoms. The summed E-state index contributed by atoms with van der Waals surface area (Å²) in [4.78, 5) is 29.9. The Hall–Kier alpha value is -3.87. The van der Waals surface area contributed by atoms with E-state index in [0.717, 1.165) is 16.7 Å². The zero-order valence-corrected chi connectivity index (χ0v) is 25.6. The second-order valence-electron chi connectivity index (χ2n) is 13.2. The number of fused-ring (bicyclic) bond motifs is 3. The highest BCUT2D eigenvalue weighted by Crippen LogP contribution is 2.52. The predicted octanol–water partition coefficient (Wildman–Crippen LogP) is 4.08. The second-order valence-corrected chi connectivity index (χ2v) is 13.2. The number of likely N-dealkylation sites (tertiary alicyclic amines) is 1. The summed E-state index contributed by atoms with van der Waals surface area (Å²) >= 11 is 0. The smallest absolute Gasteiger partial charge is 0.391 e. The molecule has 6 rings (SSSR count). The number of phenolic OH excluding ortho intramolecular Hbond substituents is 1. The molecule has 1 saturated carbocycles. The number of nitrogens with two attached hydrogens (primary N) is 1. The van der Waals surface area contributed by atoms with Gasteiger partial charge in [-0.1, -0.05) is 24.3 Å². The van der Waals surface area contributed by atoms with Crippen LogP contribution in [0.15, 0.2) is 53.3 Å². The lowest BCUT2D eigenvalue weighted by molar-refractivity contribution is -0.185. The Kier molecular flexibility index (Phi) is 8.19. The van der Waals surface area contributed by atoms with Crippen LogP contribution in [0.1, 0.15) is 36.0 Å². The number of amides is 1. The number of Topliss-reactive ketones (excluding diaryl/α,β-unsaturated/α-hetero) is 1. The van der Waals surface area contributed by atoms with Crippen LogP contribution in [0.3, 0.4) is 0 Å². The fraction of sp³-hybridized carbons (Fsp3) is 0.471. The first kappa shape index (κ1) is 32.1. The van der Waals surface area contributed by atoms with Crippen molar-refractivity contribution in [3.8, 4) is 16.9 Å². The molecule has 2 fully saturated rings. The van der Waals surface area contributed by atoms with Gasteiger partial charge in [-0.15, -0.1) is 0 Å². The van der Waals surface area contributed by atoms with E-state index >= 15 is 0 Å². The Balaban J connectivity index is 1.34. The van der Waals surface area contributed by atoms with Gasteiger partial charge in [0.2, 0.25) is 0 Å². The lowest BCUT2D eigenvalue weighted by Gasteiger charge is -2.48. The minimum absolute atomic E-state index is 0.0632. The number of aliphatic hydroxyl groups is 3. The van der Waals surface area contributed by atoms with Gasteiger partial charge in [-0.25, -0.2) is 0 Å². The van der Waals surface area contributed by atoms with Crippen LogP contribution >= 0.6 is 0 Å². The van der Waals surface area contributed by atoms with Gasteiger partial charge >= 0.3 is 6.18 Å². The minimum Gasteiger partial charge on any atom is -0.510 e. The molecule has 5 atom stereocenters. The number of likely N-dealkylation sites (N-methyl/N-ethyl adjacent to an activating group) is 1. The van der Waals surface area contributed by atoms with Gasteiger partial charge in [0.05, 0.1) is 35.1 Å². The molecule has 3 aliphatic carbocycles. The van der Waals surface area contributed by atoms with Crippen LogP contribution in [-0.4, -0.2) is 87.4 Å². The number of carbonyl (C=O) groups excluding carboxylic acids is 2. The molecule has 0 aromatic heterocycles. The molecule has 1 saturated heterocycles. The number of alkyl halides is 3. The first-order valence-electron chi connectivity index (χ1n) is 15.5. The Bertz CT molecular complexity index is 1640. The van der Waals surface area contributed by atoms with Gasteiger partial charge in [-0.2, -0.15) is 13.2 Å². The van der Waals surface area contributed by atoms with Crippen molar-refractivity contribution in [2.45, 2.75) is 50.6 Å². The molecule has 12 heteroatoms. The van der Waals surface area contributed by atoms with Crippen LogP contribution in [0.25, 0.3) is 16.9 Å². The molecule has 1 heterocycles. The summed E-state index contributed by atoms with van der Waals surface area (Å²) in [5.41, 5.74) is 8.34. The monoisotopic (exact) mass is 641 g/mol. The number of aromatic hydroxyl groups is 1. The van der Waals surface area contributed by atoms with Gasteiger partial charge in [-0.05, 0) is 99.1 Å². The average Bonchev–Trinajstić information content (AvgIpc) is 2.96. The summed E-state index contributed by atoms with van der Waals surface area (Å²) < 4.78 is 39.5. The van der Waals surface area contributed by atoms with Crippen molar-refractivity contribution in [3.05, 3.63) is 70.0 Å². The van der Waals surface area contributed by atoms with Gasteiger partial charge < -0.3 is 26.2 Å². The first-order valence-corrected chi connectivity index (χ1v) is 15.5. The molecule has 0 radical (unpaired) electrons. The molecule has 9 nitrogen and oxygen atoms in total. The van der Waals surface area contributed by atoms with E-state index in [9.17, 15) is 43.2 Å². The SMILES string of the molecule is CN(C)C1C(O)=C(C(N)=O)C(O)C2C(=O)C3=C(O)c4c(O)ccc(-c5cccc(CN6CCC(C(F)(F)F)CC6)c5)c4CC3CC21. The number of carbonyl (C=O) groups is 2. The van der Waals surface area contributed by atoms with Crippen molar-refractivity contribution in [3.63, 3.8) is 0 Å². The maximum Gasteiger partial charge on any atom is 0.391 e. The maximum absolute atomic E-state index is 14.0. The highest BCUT2D eigenvalue weighted by atomic mass is 19.4. The molecular formula is C34H38F3N3O6. The molecule has 1 amide bonds. The summed E-state index contributed by atoms with van der Waals surface area (Å²) in [5, 5.41) is 44.6. The fourth-order valence-electron chi connectivity index (χ4n) is 8.24. The highest BCUT2D eigenvalue weighted by molar-refractivity contribution is 6.07. The Morgan fingerprint density at radius 3 is 2.41 bits per heavy atom. The van der Waals surface area contributed by atoms with Gasteiger partial charge in [0.25, 0.3) is 5.91 Å².